The van der Waals surface area contributed by atoms with E-state index in [2.05, 4.69) is 4.98 Å². The van der Waals surface area contributed by atoms with Crippen molar-refractivity contribution in [3.8, 4) is 11.3 Å². The molecule has 0 radical (unpaired) electrons. The average molecular weight is 205 g/mol. The summed E-state index contributed by atoms with van der Waals surface area (Å²) in [5, 5.41) is 8.78. The fourth-order valence-corrected chi connectivity index (χ4v) is 1.57. The maximum Gasteiger partial charge on any atom is 0.307 e. The van der Waals surface area contributed by atoms with Crippen molar-refractivity contribution >= 4 is 5.97 Å². The number of hydrogen-bond donors (Lipinski definition) is 2. The predicted octanol–water partition coefficient (Wildman–Crippen LogP) is 2.21. The number of hydrogen-bond acceptors (Lipinski definition) is 2. The Hall–Kier alpha value is -1.97. The molecule has 0 amide bonds. The van der Waals surface area contributed by atoms with Crippen molar-refractivity contribution in [2.75, 3.05) is 0 Å². The van der Waals surface area contributed by atoms with Crippen LogP contribution in [0.2, 0.25) is 0 Å². The third-order valence-corrected chi connectivity index (χ3v) is 2.32. The highest BCUT2D eigenvalue weighted by atomic mass is 16.4. The Morgan fingerprint density at radius 2 is 2.40 bits per heavy atom. The zero-order valence-electron chi connectivity index (χ0n) is 8.28. The number of aromatic nitrogens is 1. The Kier molecular flexibility index (Phi) is 2.33. The number of rotatable bonds is 3. The number of nitrogens with one attached hydrogen (secondary N) is 1. The van der Waals surface area contributed by atoms with Gasteiger partial charge >= 0.3 is 5.97 Å². The van der Waals surface area contributed by atoms with Gasteiger partial charge in [0.2, 0.25) is 0 Å². The smallest absolute Gasteiger partial charge is 0.307 e. The van der Waals surface area contributed by atoms with Crippen molar-refractivity contribution in [2.24, 2.45) is 0 Å². The van der Waals surface area contributed by atoms with E-state index < -0.39 is 5.97 Å². The second kappa shape index (κ2) is 3.65. The van der Waals surface area contributed by atoms with Gasteiger partial charge in [-0.15, -0.1) is 0 Å². The Labute approximate surface area is 86.5 Å². The zero-order valence-corrected chi connectivity index (χ0v) is 8.28. The number of aliphatic carboxylic acids is 1. The first kappa shape index (κ1) is 9.58. The molecule has 0 aliphatic rings. The van der Waals surface area contributed by atoms with E-state index in [-0.39, 0.29) is 6.42 Å². The van der Waals surface area contributed by atoms with Crippen LogP contribution in [0, 0.1) is 6.92 Å². The Morgan fingerprint density at radius 3 is 3.00 bits per heavy atom. The van der Waals surface area contributed by atoms with Gasteiger partial charge in [-0.05, 0) is 19.1 Å². The van der Waals surface area contributed by atoms with Crippen LogP contribution in [0.3, 0.4) is 0 Å². The lowest BCUT2D eigenvalue weighted by atomic mass is 10.1. The van der Waals surface area contributed by atoms with Crippen LogP contribution in [0.5, 0.6) is 0 Å². The zero-order chi connectivity index (χ0) is 10.8. The van der Waals surface area contributed by atoms with E-state index in [4.69, 9.17) is 9.52 Å². The van der Waals surface area contributed by atoms with E-state index in [1.165, 1.54) is 0 Å². The molecule has 2 aromatic heterocycles. The molecule has 0 aliphatic heterocycles. The summed E-state index contributed by atoms with van der Waals surface area (Å²) in [6.07, 6.45) is 3.36. The summed E-state index contributed by atoms with van der Waals surface area (Å²) in [5.74, 6) is -0.200. The third-order valence-electron chi connectivity index (χ3n) is 2.32. The maximum absolute atomic E-state index is 10.7. The monoisotopic (exact) mass is 205 g/mol. The Balaban J connectivity index is 2.44. The lowest BCUT2D eigenvalue weighted by Gasteiger charge is -1.98. The summed E-state index contributed by atoms with van der Waals surface area (Å²) in [6.45, 7) is 1.77. The molecule has 4 heteroatoms. The van der Waals surface area contributed by atoms with Crippen LogP contribution in [0.4, 0.5) is 0 Å². The quantitative estimate of drug-likeness (QED) is 0.807. The second-order valence-corrected chi connectivity index (χ2v) is 3.34. The molecule has 78 valence electrons. The van der Waals surface area contributed by atoms with Crippen LogP contribution in [-0.4, -0.2) is 16.1 Å². The van der Waals surface area contributed by atoms with Crippen LogP contribution in [-0.2, 0) is 11.2 Å². The largest absolute Gasteiger partial charge is 0.481 e. The van der Waals surface area contributed by atoms with Gasteiger partial charge in [0.25, 0.3) is 0 Å². The lowest BCUT2D eigenvalue weighted by molar-refractivity contribution is -0.136. The van der Waals surface area contributed by atoms with Crippen molar-refractivity contribution < 1.29 is 14.3 Å². The van der Waals surface area contributed by atoms with E-state index in [0.717, 1.165) is 16.8 Å². The summed E-state index contributed by atoms with van der Waals surface area (Å²) in [7, 11) is 0. The first-order valence-corrected chi connectivity index (χ1v) is 4.61. The van der Waals surface area contributed by atoms with Crippen LogP contribution in [0.1, 0.15) is 11.3 Å². The molecule has 0 saturated carbocycles. The molecule has 2 heterocycles. The molecule has 2 aromatic rings. The molecule has 0 bridgehead atoms. The summed E-state index contributed by atoms with van der Waals surface area (Å²) >= 11 is 0. The number of H-pyrrole nitrogens is 1. The van der Waals surface area contributed by atoms with E-state index in [1.54, 1.807) is 19.4 Å². The van der Waals surface area contributed by atoms with Crippen molar-refractivity contribution in [1.82, 2.24) is 4.98 Å². The Morgan fingerprint density at radius 1 is 1.60 bits per heavy atom. The van der Waals surface area contributed by atoms with E-state index >= 15 is 0 Å². The van der Waals surface area contributed by atoms with Crippen LogP contribution in [0.15, 0.2) is 29.0 Å². The SMILES string of the molecule is Cc1occ(-c2ccc[nH]2)c1CC(=O)O. The fraction of sp³-hybridized carbons (Fsp3) is 0.182. The van der Waals surface area contributed by atoms with Gasteiger partial charge < -0.3 is 14.5 Å². The van der Waals surface area contributed by atoms with Gasteiger partial charge in [-0.2, -0.15) is 0 Å². The molecule has 4 nitrogen and oxygen atoms in total. The molecule has 0 aliphatic carbocycles. The predicted molar refractivity (Wildman–Crippen MR) is 54.6 cm³/mol. The summed E-state index contributed by atoms with van der Waals surface area (Å²) < 4.78 is 5.24. The summed E-state index contributed by atoms with van der Waals surface area (Å²) in [6, 6.07) is 3.75. The maximum atomic E-state index is 10.7. The van der Waals surface area contributed by atoms with Gasteiger partial charge in [-0.1, -0.05) is 0 Å². The van der Waals surface area contributed by atoms with E-state index in [9.17, 15) is 4.79 Å². The topological polar surface area (TPSA) is 66.2 Å². The van der Waals surface area contributed by atoms with Gasteiger partial charge in [0, 0.05) is 23.0 Å². The second-order valence-electron chi connectivity index (χ2n) is 3.34. The number of carbonyl (C=O) groups is 1. The van der Waals surface area contributed by atoms with Crippen LogP contribution >= 0.6 is 0 Å². The minimum atomic E-state index is -0.854. The van der Waals surface area contributed by atoms with Crippen LogP contribution in [0.25, 0.3) is 11.3 Å². The van der Waals surface area contributed by atoms with E-state index in [0.29, 0.717) is 5.76 Å². The first-order valence-electron chi connectivity index (χ1n) is 4.61. The summed E-state index contributed by atoms with van der Waals surface area (Å²) in [4.78, 5) is 13.7. The average Bonchev–Trinajstić information content (AvgIpc) is 2.76. The third kappa shape index (κ3) is 1.79. The molecule has 2 N–H and O–H groups in total. The number of aromatic amines is 1. The minimum Gasteiger partial charge on any atom is -0.481 e. The van der Waals surface area contributed by atoms with Gasteiger partial charge in [-0.25, -0.2) is 0 Å². The van der Waals surface area contributed by atoms with E-state index in [1.807, 2.05) is 12.1 Å². The number of carboxylic acid groups (broad SMARTS) is 1. The highest BCUT2D eigenvalue weighted by Crippen LogP contribution is 2.26. The highest BCUT2D eigenvalue weighted by molar-refractivity contribution is 5.75. The van der Waals surface area contributed by atoms with Crippen molar-refractivity contribution in [2.45, 2.75) is 13.3 Å². The molecular formula is C11H11NO3. The molecule has 0 atom stereocenters. The Bertz CT molecular complexity index is 468. The molecule has 15 heavy (non-hydrogen) atoms. The lowest BCUT2D eigenvalue weighted by Crippen LogP contribution is -2.01. The molecule has 2 rings (SSSR count). The van der Waals surface area contributed by atoms with Gasteiger partial charge in [0.05, 0.1) is 6.42 Å². The number of furan rings is 1. The fourth-order valence-electron chi connectivity index (χ4n) is 1.57. The van der Waals surface area contributed by atoms with Gasteiger partial charge in [0.1, 0.15) is 12.0 Å². The van der Waals surface area contributed by atoms with Crippen molar-refractivity contribution in [3.05, 3.63) is 35.9 Å². The van der Waals surface area contributed by atoms with Gasteiger partial charge in [0.15, 0.2) is 0 Å². The highest BCUT2D eigenvalue weighted by Gasteiger charge is 2.15. The molecule has 0 spiro atoms. The summed E-state index contributed by atoms with van der Waals surface area (Å²) in [5.41, 5.74) is 2.42. The molecule has 0 unspecified atom stereocenters. The van der Waals surface area contributed by atoms with Crippen LogP contribution < -0.4 is 0 Å². The molecule has 0 aromatic carbocycles. The first-order chi connectivity index (χ1) is 7.18. The standard InChI is InChI=1S/C11H11NO3/c1-7-8(5-11(13)14)9(6-15-7)10-3-2-4-12-10/h2-4,6,12H,5H2,1H3,(H,13,14). The minimum absolute atomic E-state index is 0.0172. The van der Waals surface area contributed by atoms with Crippen molar-refractivity contribution in [3.63, 3.8) is 0 Å². The number of aryl methyl sites for hydroxylation is 1. The molecule has 0 fully saturated rings. The number of carboxylic acids is 1. The van der Waals surface area contributed by atoms with Gasteiger partial charge in [-0.3, -0.25) is 4.79 Å². The van der Waals surface area contributed by atoms with Crippen molar-refractivity contribution in [1.29, 1.82) is 0 Å². The normalized spacial score (nSPS) is 10.5. The molecule has 0 saturated heterocycles. The molecular weight excluding hydrogens is 194 g/mol.